The van der Waals surface area contributed by atoms with Crippen LogP contribution in [0.2, 0.25) is 0 Å². The maximum Gasteiger partial charge on any atom is 0.177 e. The molecule has 14 heavy (non-hydrogen) atoms. The molecule has 0 aliphatic carbocycles. The Balaban J connectivity index is 0.000000461. The molecule has 1 aliphatic rings. The van der Waals surface area contributed by atoms with Gasteiger partial charge in [0.25, 0.3) is 0 Å². The fourth-order valence-electron chi connectivity index (χ4n) is 1.46. The summed E-state index contributed by atoms with van der Waals surface area (Å²) in [6.45, 7) is 5.10. The zero-order valence-corrected chi connectivity index (χ0v) is 9.36. The van der Waals surface area contributed by atoms with E-state index >= 15 is 0 Å². The molecule has 0 saturated carbocycles. The van der Waals surface area contributed by atoms with E-state index < -0.39 is 0 Å². The Morgan fingerprint density at radius 2 is 2.36 bits per heavy atom. The minimum Gasteiger partial charge on any atom is -0.372 e. The van der Waals surface area contributed by atoms with E-state index in [4.69, 9.17) is 10.5 Å². The molecule has 2 nitrogen and oxygen atoms in total. The van der Waals surface area contributed by atoms with Gasteiger partial charge < -0.3 is 10.5 Å². The molecule has 1 aliphatic heterocycles. The van der Waals surface area contributed by atoms with Crippen molar-refractivity contribution in [3.8, 4) is 0 Å². The van der Waals surface area contributed by atoms with Crippen molar-refractivity contribution < 1.29 is 9.13 Å². The highest BCUT2D eigenvalue weighted by Crippen LogP contribution is 2.32. The van der Waals surface area contributed by atoms with Gasteiger partial charge >= 0.3 is 0 Å². The number of thiophene rings is 1. The molecule has 1 unspecified atom stereocenters. The van der Waals surface area contributed by atoms with E-state index in [2.05, 4.69) is 0 Å². The smallest absolute Gasteiger partial charge is 0.177 e. The Bertz CT molecular complexity index is 288. The van der Waals surface area contributed by atoms with Crippen LogP contribution in [0.4, 0.5) is 4.39 Å². The predicted molar refractivity (Wildman–Crippen MR) is 57.1 cm³/mol. The number of halogens is 1. The summed E-state index contributed by atoms with van der Waals surface area (Å²) < 4.78 is 18.2. The third-order valence-electron chi connectivity index (χ3n) is 2.02. The van der Waals surface area contributed by atoms with Crippen molar-refractivity contribution in [1.29, 1.82) is 0 Å². The highest BCUT2D eigenvalue weighted by molar-refractivity contribution is 7.10. The molecule has 0 radical (unpaired) electrons. The van der Waals surface area contributed by atoms with Gasteiger partial charge in [0.2, 0.25) is 0 Å². The fourth-order valence-corrected chi connectivity index (χ4v) is 2.37. The maximum atomic E-state index is 12.8. The molecular weight excluding hydrogens is 201 g/mol. The summed E-state index contributed by atoms with van der Waals surface area (Å²) in [5.41, 5.74) is 6.43. The van der Waals surface area contributed by atoms with Crippen LogP contribution in [-0.4, -0.2) is 13.2 Å². The monoisotopic (exact) mass is 217 g/mol. The molecule has 0 fully saturated rings. The lowest BCUT2D eigenvalue weighted by Crippen LogP contribution is -2.21. The highest BCUT2D eigenvalue weighted by Gasteiger charge is 2.22. The molecule has 4 heteroatoms. The van der Waals surface area contributed by atoms with Crippen LogP contribution in [0.3, 0.4) is 0 Å². The van der Waals surface area contributed by atoms with E-state index in [-0.39, 0.29) is 11.2 Å². The summed E-state index contributed by atoms with van der Waals surface area (Å²) >= 11 is 1.21. The number of fused-ring (bicyclic) bond motifs is 1. The molecule has 0 amide bonds. The Labute approximate surface area is 87.9 Å². The minimum atomic E-state index is -0.135. The zero-order chi connectivity index (χ0) is 10.6. The molecule has 1 aromatic heterocycles. The number of hydrogen-bond acceptors (Lipinski definition) is 3. The van der Waals surface area contributed by atoms with Gasteiger partial charge in [0.05, 0.1) is 12.7 Å². The van der Waals surface area contributed by atoms with Crippen LogP contribution in [0.25, 0.3) is 0 Å². The summed E-state index contributed by atoms with van der Waals surface area (Å²) in [7, 11) is 0. The highest BCUT2D eigenvalue weighted by atomic mass is 32.1. The van der Waals surface area contributed by atoms with Crippen LogP contribution < -0.4 is 5.73 Å². The molecule has 0 aromatic carbocycles. The summed E-state index contributed by atoms with van der Waals surface area (Å²) in [5.74, 6) is 0. The molecule has 80 valence electrons. The fraction of sp³-hybridized carbons (Fsp3) is 0.600. The second-order valence-corrected chi connectivity index (χ2v) is 3.86. The first kappa shape index (κ1) is 11.6. The normalized spacial score (nSPS) is 19.6. The lowest BCUT2D eigenvalue weighted by atomic mass is 10.1. The van der Waals surface area contributed by atoms with Crippen molar-refractivity contribution in [2.24, 2.45) is 5.73 Å². The van der Waals surface area contributed by atoms with Crippen molar-refractivity contribution in [2.75, 3.05) is 13.2 Å². The summed E-state index contributed by atoms with van der Waals surface area (Å²) in [4.78, 5) is 1.09. The van der Waals surface area contributed by atoms with Gasteiger partial charge in [0, 0.05) is 17.8 Å². The van der Waals surface area contributed by atoms with Gasteiger partial charge in [-0.1, -0.05) is 13.8 Å². The van der Waals surface area contributed by atoms with Crippen LogP contribution in [0.1, 0.15) is 30.4 Å². The van der Waals surface area contributed by atoms with E-state index in [9.17, 15) is 4.39 Å². The standard InChI is InChI=1S/C8H10FNOS.C2H6/c9-8-3-5-6(4-10)11-2-1-7(5)12-8;1-2/h3,6H,1-2,4,10H2;1-2H3. The van der Waals surface area contributed by atoms with E-state index in [0.29, 0.717) is 13.2 Å². The van der Waals surface area contributed by atoms with Gasteiger partial charge in [-0.3, -0.25) is 0 Å². The zero-order valence-electron chi connectivity index (χ0n) is 8.55. The second kappa shape index (κ2) is 5.44. The van der Waals surface area contributed by atoms with Crippen LogP contribution in [-0.2, 0) is 11.2 Å². The van der Waals surface area contributed by atoms with Gasteiger partial charge in [-0.2, -0.15) is 4.39 Å². The van der Waals surface area contributed by atoms with Gasteiger partial charge in [-0.15, -0.1) is 11.3 Å². The van der Waals surface area contributed by atoms with E-state index in [0.717, 1.165) is 16.9 Å². The summed E-state index contributed by atoms with van der Waals surface area (Å²) in [6.07, 6.45) is 0.731. The molecule has 2 N–H and O–H groups in total. The molecule has 1 atom stereocenters. The molecule has 0 bridgehead atoms. The lowest BCUT2D eigenvalue weighted by molar-refractivity contribution is 0.0497. The van der Waals surface area contributed by atoms with Gasteiger partial charge in [0.1, 0.15) is 0 Å². The first-order valence-corrected chi connectivity index (χ1v) is 5.72. The lowest BCUT2D eigenvalue weighted by Gasteiger charge is -2.21. The third-order valence-corrected chi connectivity index (χ3v) is 3.02. The molecule has 1 aromatic rings. The number of rotatable bonds is 1. The maximum absolute atomic E-state index is 12.8. The molecule has 0 saturated heterocycles. The first-order chi connectivity index (χ1) is 6.81. The number of nitrogens with two attached hydrogens (primary N) is 1. The predicted octanol–water partition coefficient (Wildman–Crippen LogP) is 2.49. The first-order valence-electron chi connectivity index (χ1n) is 4.91. The van der Waals surface area contributed by atoms with Gasteiger partial charge in [-0.05, 0) is 11.6 Å². The topological polar surface area (TPSA) is 35.2 Å². The largest absolute Gasteiger partial charge is 0.372 e. The van der Waals surface area contributed by atoms with Crippen LogP contribution in [0.5, 0.6) is 0 Å². The quantitative estimate of drug-likeness (QED) is 0.784. The van der Waals surface area contributed by atoms with Crippen molar-refractivity contribution in [3.63, 3.8) is 0 Å². The molecule has 2 rings (SSSR count). The number of ether oxygens (including phenoxy) is 1. The Morgan fingerprint density at radius 1 is 1.64 bits per heavy atom. The average Bonchev–Trinajstić information content (AvgIpc) is 2.60. The van der Waals surface area contributed by atoms with E-state index in [1.807, 2.05) is 13.8 Å². The molecule has 0 spiro atoms. The van der Waals surface area contributed by atoms with E-state index in [1.165, 1.54) is 17.4 Å². The van der Waals surface area contributed by atoms with E-state index in [1.54, 1.807) is 0 Å². The third kappa shape index (κ3) is 2.32. The minimum absolute atomic E-state index is 0.0884. The SMILES string of the molecule is CC.NCC1OCCc2sc(F)cc21. The molecular formula is C10H16FNOS. The summed E-state index contributed by atoms with van der Waals surface area (Å²) in [6, 6.07) is 1.54. The van der Waals surface area contributed by atoms with Crippen LogP contribution in [0, 0.1) is 5.13 Å². The average molecular weight is 217 g/mol. The van der Waals surface area contributed by atoms with Crippen molar-refractivity contribution in [3.05, 3.63) is 21.6 Å². The van der Waals surface area contributed by atoms with Crippen LogP contribution >= 0.6 is 11.3 Å². The second-order valence-electron chi connectivity index (χ2n) is 2.77. The van der Waals surface area contributed by atoms with Gasteiger partial charge in [0.15, 0.2) is 5.13 Å². The Hall–Kier alpha value is -0.450. The van der Waals surface area contributed by atoms with Crippen molar-refractivity contribution in [1.82, 2.24) is 0 Å². The Kier molecular flexibility index (Phi) is 4.51. The van der Waals surface area contributed by atoms with Crippen molar-refractivity contribution >= 4 is 11.3 Å². The summed E-state index contributed by atoms with van der Waals surface area (Å²) in [5, 5.41) is -0.135. The number of hydrogen-bond donors (Lipinski definition) is 1. The van der Waals surface area contributed by atoms with Crippen LogP contribution in [0.15, 0.2) is 6.07 Å². The van der Waals surface area contributed by atoms with Crippen molar-refractivity contribution in [2.45, 2.75) is 26.4 Å². The Morgan fingerprint density at radius 3 is 3.00 bits per heavy atom. The van der Waals surface area contributed by atoms with Gasteiger partial charge in [-0.25, -0.2) is 0 Å². The molecule has 2 heterocycles.